The summed E-state index contributed by atoms with van der Waals surface area (Å²) in [6, 6.07) is 0. The summed E-state index contributed by atoms with van der Waals surface area (Å²) in [5.41, 5.74) is 6.68. The van der Waals surface area contributed by atoms with Crippen LogP contribution in [-0.4, -0.2) is 24.4 Å². The van der Waals surface area contributed by atoms with Gasteiger partial charge in [0.2, 0.25) is 0 Å². The predicted octanol–water partition coefficient (Wildman–Crippen LogP) is 2.75. The Balaban J connectivity index is 2.44. The van der Waals surface area contributed by atoms with E-state index in [0.717, 1.165) is 38.0 Å². The highest BCUT2D eigenvalue weighted by atomic mass is 16.5. The van der Waals surface area contributed by atoms with Crippen LogP contribution in [0.3, 0.4) is 0 Å². The van der Waals surface area contributed by atoms with E-state index < -0.39 is 6.10 Å². The molecule has 0 unspecified atom stereocenters. The first kappa shape index (κ1) is 15.3. The zero-order valence-electron chi connectivity index (χ0n) is 11.7. The van der Waals surface area contributed by atoms with Crippen molar-refractivity contribution < 1.29 is 9.84 Å². The van der Waals surface area contributed by atoms with Crippen molar-refractivity contribution in [1.82, 2.24) is 0 Å². The Kier molecular flexibility index (Phi) is 7.06. The smallest absolute Gasteiger partial charge is 0.115 e. The van der Waals surface area contributed by atoms with Gasteiger partial charge in [-0.3, -0.25) is 0 Å². The zero-order chi connectivity index (χ0) is 13.4. The largest absolute Gasteiger partial charge is 0.494 e. The SMILES string of the molecule is CCC(CC)COC1=CCCC(C[C@@H](O)CN)=C1. The molecule has 1 atom stereocenters. The van der Waals surface area contributed by atoms with Gasteiger partial charge in [0.1, 0.15) is 5.76 Å². The molecule has 0 saturated carbocycles. The molecular formula is C15H27NO2. The summed E-state index contributed by atoms with van der Waals surface area (Å²) in [5, 5.41) is 9.56. The second kappa shape index (κ2) is 8.33. The summed E-state index contributed by atoms with van der Waals surface area (Å²) in [6.45, 7) is 5.52. The number of nitrogens with two attached hydrogens (primary N) is 1. The van der Waals surface area contributed by atoms with Crippen molar-refractivity contribution in [2.75, 3.05) is 13.2 Å². The van der Waals surface area contributed by atoms with Gasteiger partial charge < -0.3 is 15.6 Å². The molecule has 0 saturated heterocycles. The maximum absolute atomic E-state index is 9.56. The number of aliphatic hydroxyl groups excluding tert-OH is 1. The molecule has 0 amide bonds. The minimum Gasteiger partial charge on any atom is -0.494 e. The van der Waals surface area contributed by atoms with Crippen LogP contribution in [0.4, 0.5) is 0 Å². The summed E-state index contributed by atoms with van der Waals surface area (Å²) >= 11 is 0. The maximum atomic E-state index is 9.56. The lowest BCUT2D eigenvalue weighted by Crippen LogP contribution is -2.20. The molecule has 1 aliphatic rings. The van der Waals surface area contributed by atoms with Crippen LogP contribution in [0.25, 0.3) is 0 Å². The third-order valence-electron chi connectivity index (χ3n) is 3.57. The van der Waals surface area contributed by atoms with Gasteiger partial charge in [0.25, 0.3) is 0 Å². The van der Waals surface area contributed by atoms with Gasteiger partial charge in [0.15, 0.2) is 0 Å². The molecule has 1 aliphatic carbocycles. The molecule has 3 N–H and O–H groups in total. The van der Waals surface area contributed by atoms with Gasteiger partial charge >= 0.3 is 0 Å². The Bertz CT molecular complexity index is 293. The number of hydrogen-bond acceptors (Lipinski definition) is 3. The third kappa shape index (κ3) is 5.23. The summed E-state index contributed by atoms with van der Waals surface area (Å²) < 4.78 is 5.84. The lowest BCUT2D eigenvalue weighted by molar-refractivity contribution is 0.165. The molecule has 1 rings (SSSR count). The van der Waals surface area contributed by atoms with Crippen molar-refractivity contribution in [1.29, 1.82) is 0 Å². The van der Waals surface area contributed by atoms with Crippen LogP contribution < -0.4 is 5.73 Å². The lowest BCUT2D eigenvalue weighted by atomic mass is 9.98. The number of rotatable bonds is 8. The van der Waals surface area contributed by atoms with Crippen molar-refractivity contribution >= 4 is 0 Å². The lowest BCUT2D eigenvalue weighted by Gasteiger charge is -2.19. The molecule has 104 valence electrons. The topological polar surface area (TPSA) is 55.5 Å². The molecule has 0 aromatic heterocycles. The normalized spacial score (nSPS) is 17.4. The molecular weight excluding hydrogens is 226 g/mol. The van der Waals surface area contributed by atoms with E-state index >= 15 is 0 Å². The quantitative estimate of drug-likeness (QED) is 0.699. The van der Waals surface area contributed by atoms with Crippen LogP contribution in [0.15, 0.2) is 23.5 Å². The van der Waals surface area contributed by atoms with Crippen LogP contribution in [-0.2, 0) is 4.74 Å². The Morgan fingerprint density at radius 3 is 2.72 bits per heavy atom. The van der Waals surface area contributed by atoms with Crippen molar-refractivity contribution in [2.24, 2.45) is 11.7 Å². The molecule has 0 aliphatic heterocycles. The minimum atomic E-state index is -0.422. The fraction of sp³-hybridized carbons (Fsp3) is 0.733. The van der Waals surface area contributed by atoms with Crippen LogP contribution in [0.5, 0.6) is 0 Å². The Hall–Kier alpha value is -0.800. The summed E-state index contributed by atoms with van der Waals surface area (Å²) in [7, 11) is 0. The molecule has 0 aromatic carbocycles. The highest BCUT2D eigenvalue weighted by Crippen LogP contribution is 2.22. The summed E-state index contributed by atoms with van der Waals surface area (Å²) in [5.74, 6) is 1.60. The number of hydrogen-bond donors (Lipinski definition) is 2. The van der Waals surface area contributed by atoms with E-state index in [0.29, 0.717) is 18.9 Å². The Labute approximate surface area is 111 Å². The highest BCUT2D eigenvalue weighted by molar-refractivity contribution is 5.24. The average molecular weight is 253 g/mol. The molecule has 0 heterocycles. The van der Waals surface area contributed by atoms with Crippen LogP contribution in [0.2, 0.25) is 0 Å². The zero-order valence-corrected chi connectivity index (χ0v) is 11.7. The van der Waals surface area contributed by atoms with E-state index in [-0.39, 0.29) is 0 Å². The second-order valence-electron chi connectivity index (χ2n) is 5.03. The van der Waals surface area contributed by atoms with E-state index in [1.807, 2.05) is 0 Å². The molecule has 3 heteroatoms. The van der Waals surface area contributed by atoms with Gasteiger partial charge in [-0.2, -0.15) is 0 Å². The monoisotopic (exact) mass is 253 g/mol. The highest BCUT2D eigenvalue weighted by Gasteiger charge is 2.11. The fourth-order valence-electron chi connectivity index (χ4n) is 2.12. The van der Waals surface area contributed by atoms with Gasteiger partial charge in [-0.05, 0) is 37.3 Å². The van der Waals surface area contributed by atoms with Gasteiger partial charge in [-0.15, -0.1) is 0 Å². The average Bonchev–Trinajstić information content (AvgIpc) is 2.40. The maximum Gasteiger partial charge on any atom is 0.115 e. The van der Waals surface area contributed by atoms with Crippen molar-refractivity contribution in [2.45, 2.75) is 52.1 Å². The molecule has 0 aromatic rings. The van der Waals surface area contributed by atoms with E-state index in [1.54, 1.807) is 0 Å². The van der Waals surface area contributed by atoms with Gasteiger partial charge in [-0.25, -0.2) is 0 Å². The van der Waals surface area contributed by atoms with Crippen molar-refractivity contribution in [3.63, 3.8) is 0 Å². The molecule has 18 heavy (non-hydrogen) atoms. The molecule has 0 bridgehead atoms. The van der Waals surface area contributed by atoms with E-state index in [9.17, 15) is 5.11 Å². The van der Waals surface area contributed by atoms with E-state index in [2.05, 4.69) is 26.0 Å². The van der Waals surface area contributed by atoms with Crippen molar-refractivity contribution in [3.8, 4) is 0 Å². The van der Waals surface area contributed by atoms with Gasteiger partial charge in [0, 0.05) is 6.54 Å². The Morgan fingerprint density at radius 1 is 1.39 bits per heavy atom. The standard InChI is InChI=1S/C15H27NO2/c1-3-12(4-2)11-18-15-7-5-6-13(9-15)8-14(17)10-16/h7,9,12,14,17H,3-6,8,10-11,16H2,1-2H3/t14-/m1/s1. The number of ether oxygens (including phenoxy) is 1. The molecule has 0 radical (unpaired) electrons. The molecule has 0 fully saturated rings. The van der Waals surface area contributed by atoms with Gasteiger partial charge in [0.05, 0.1) is 12.7 Å². The van der Waals surface area contributed by atoms with Crippen LogP contribution >= 0.6 is 0 Å². The van der Waals surface area contributed by atoms with Crippen LogP contribution in [0, 0.1) is 5.92 Å². The minimum absolute atomic E-state index is 0.324. The Morgan fingerprint density at radius 2 is 2.11 bits per heavy atom. The second-order valence-corrected chi connectivity index (χ2v) is 5.03. The molecule has 3 nitrogen and oxygen atoms in total. The fourth-order valence-corrected chi connectivity index (χ4v) is 2.12. The van der Waals surface area contributed by atoms with E-state index in [1.165, 1.54) is 5.57 Å². The summed E-state index contributed by atoms with van der Waals surface area (Å²) in [4.78, 5) is 0. The first-order valence-electron chi connectivity index (χ1n) is 7.10. The number of allylic oxidation sites excluding steroid dienone is 2. The first-order valence-corrected chi connectivity index (χ1v) is 7.10. The predicted molar refractivity (Wildman–Crippen MR) is 75.1 cm³/mol. The van der Waals surface area contributed by atoms with Crippen molar-refractivity contribution in [3.05, 3.63) is 23.5 Å². The summed E-state index contributed by atoms with van der Waals surface area (Å²) in [6.07, 6.45) is 8.79. The molecule has 0 spiro atoms. The number of aliphatic hydroxyl groups is 1. The van der Waals surface area contributed by atoms with E-state index in [4.69, 9.17) is 10.5 Å². The van der Waals surface area contributed by atoms with Crippen LogP contribution in [0.1, 0.15) is 46.0 Å². The third-order valence-corrected chi connectivity index (χ3v) is 3.57. The first-order chi connectivity index (χ1) is 8.69. The van der Waals surface area contributed by atoms with Gasteiger partial charge in [-0.1, -0.05) is 32.3 Å².